The number of hydrogen-bond donors (Lipinski definition) is 0. The van der Waals surface area contributed by atoms with Crippen molar-refractivity contribution < 1.29 is 13.5 Å². The maximum absolute atomic E-state index is 13.2. The molecule has 0 unspecified atom stereocenters. The first-order chi connectivity index (χ1) is 9.08. The molecule has 0 heterocycles. The SMILES string of the molecule is Cc1cc(-c2cccc(F)c2)ccc1C(C)C.FF. The Morgan fingerprint density at radius 2 is 1.53 bits per heavy atom. The molecule has 0 nitrogen and oxygen atoms in total. The third-order valence-corrected chi connectivity index (χ3v) is 3.05. The molecular formula is C16H17F3. The molecule has 0 aliphatic rings. The van der Waals surface area contributed by atoms with Gasteiger partial charge in [0.15, 0.2) is 0 Å². The Labute approximate surface area is 111 Å². The topological polar surface area (TPSA) is 0 Å². The molecule has 0 saturated heterocycles. The van der Waals surface area contributed by atoms with Crippen molar-refractivity contribution in [2.24, 2.45) is 0 Å². The van der Waals surface area contributed by atoms with Crippen molar-refractivity contribution in [2.75, 3.05) is 0 Å². The molecule has 0 amide bonds. The van der Waals surface area contributed by atoms with Gasteiger partial charge in [-0.25, -0.2) is 4.39 Å². The van der Waals surface area contributed by atoms with E-state index in [9.17, 15) is 4.39 Å². The van der Waals surface area contributed by atoms with Crippen molar-refractivity contribution in [3.05, 3.63) is 59.4 Å². The maximum Gasteiger partial charge on any atom is 0.123 e. The quantitative estimate of drug-likeness (QED) is 0.647. The highest BCUT2D eigenvalue weighted by atomic mass is 20.0. The highest BCUT2D eigenvalue weighted by molar-refractivity contribution is 5.65. The van der Waals surface area contributed by atoms with Gasteiger partial charge in [0.05, 0.1) is 0 Å². The van der Waals surface area contributed by atoms with Crippen LogP contribution in [0, 0.1) is 12.7 Å². The lowest BCUT2D eigenvalue weighted by Gasteiger charge is -2.11. The Balaban J connectivity index is 0.000000861. The molecule has 3 heteroatoms. The van der Waals surface area contributed by atoms with Crippen LogP contribution in [0.15, 0.2) is 42.5 Å². The van der Waals surface area contributed by atoms with E-state index in [4.69, 9.17) is 9.15 Å². The van der Waals surface area contributed by atoms with E-state index in [2.05, 4.69) is 39.0 Å². The average Bonchev–Trinajstić information content (AvgIpc) is 2.40. The lowest BCUT2D eigenvalue weighted by atomic mass is 9.94. The molecule has 0 saturated carbocycles. The summed E-state index contributed by atoms with van der Waals surface area (Å²) in [5, 5.41) is 0. The first-order valence-electron chi connectivity index (χ1n) is 6.08. The van der Waals surface area contributed by atoms with Gasteiger partial charge in [-0.15, -0.1) is 0 Å². The first kappa shape index (κ1) is 15.3. The van der Waals surface area contributed by atoms with Crippen molar-refractivity contribution in [1.82, 2.24) is 0 Å². The number of aryl methyl sites for hydroxylation is 1. The summed E-state index contributed by atoms with van der Waals surface area (Å²) in [6.45, 7) is 6.48. The molecule has 102 valence electrons. The van der Waals surface area contributed by atoms with E-state index in [0.717, 1.165) is 11.1 Å². The van der Waals surface area contributed by atoms with Gasteiger partial charge in [-0.05, 0) is 47.2 Å². The summed E-state index contributed by atoms with van der Waals surface area (Å²) < 4.78 is 29.2. The van der Waals surface area contributed by atoms with Crippen molar-refractivity contribution in [3.63, 3.8) is 0 Å². The van der Waals surface area contributed by atoms with Crippen LogP contribution in [0.5, 0.6) is 0 Å². The number of hydrogen-bond acceptors (Lipinski definition) is 0. The van der Waals surface area contributed by atoms with Gasteiger partial charge in [0.1, 0.15) is 5.82 Å². The Hall–Kier alpha value is -1.77. The van der Waals surface area contributed by atoms with Gasteiger partial charge in [-0.1, -0.05) is 44.2 Å². The van der Waals surface area contributed by atoms with Crippen LogP contribution in [0.25, 0.3) is 11.1 Å². The largest absolute Gasteiger partial charge is 0.207 e. The lowest BCUT2D eigenvalue weighted by Crippen LogP contribution is -1.92. The number of benzene rings is 2. The molecular weight excluding hydrogens is 249 g/mol. The van der Waals surface area contributed by atoms with Crippen LogP contribution < -0.4 is 0 Å². The molecule has 0 aromatic heterocycles. The number of halogens is 3. The van der Waals surface area contributed by atoms with E-state index in [1.165, 1.54) is 17.2 Å². The molecule has 2 aromatic carbocycles. The summed E-state index contributed by atoms with van der Waals surface area (Å²) in [6, 6.07) is 13.1. The van der Waals surface area contributed by atoms with E-state index in [0.29, 0.717) is 5.92 Å². The van der Waals surface area contributed by atoms with Crippen LogP contribution in [-0.2, 0) is 0 Å². The van der Waals surface area contributed by atoms with Gasteiger partial charge < -0.3 is 0 Å². The molecule has 0 radical (unpaired) electrons. The molecule has 19 heavy (non-hydrogen) atoms. The third kappa shape index (κ3) is 3.85. The van der Waals surface area contributed by atoms with Crippen molar-refractivity contribution in [2.45, 2.75) is 26.7 Å². The van der Waals surface area contributed by atoms with Gasteiger partial charge in [0, 0.05) is 9.15 Å². The minimum Gasteiger partial charge on any atom is -0.207 e. The van der Waals surface area contributed by atoms with Crippen LogP contribution in [0.2, 0.25) is 0 Å². The van der Waals surface area contributed by atoms with E-state index < -0.39 is 0 Å². The van der Waals surface area contributed by atoms with E-state index >= 15 is 0 Å². The van der Waals surface area contributed by atoms with Crippen molar-refractivity contribution in [3.8, 4) is 11.1 Å². The van der Waals surface area contributed by atoms with Gasteiger partial charge in [-0.3, -0.25) is 0 Å². The fourth-order valence-corrected chi connectivity index (χ4v) is 2.17. The normalized spacial score (nSPS) is 10.1. The lowest BCUT2D eigenvalue weighted by molar-refractivity contribution is 0.108. The van der Waals surface area contributed by atoms with Crippen LogP contribution in [-0.4, -0.2) is 0 Å². The number of rotatable bonds is 2. The van der Waals surface area contributed by atoms with Gasteiger partial charge in [-0.2, -0.15) is 0 Å². The van der Waals surface area contributed by atoms with E-state index in [1.807, 2.05) is 6.07 Å². The molecule has 0 bridgehead atoms. The molecule has 2 aromatic rings. The van der Waals surface area contributed by atoms with Gasteiger partial charge in [0.2, 0.25) is 0 Å². The monoisotopic (exact) mass is 266 g/mol. The Bertz CT molecular complexity index is 533. The minimum absolute atomic E-state index is 0.187. The molecule has 0 fully saturated rings. The minimum atomic E-state index is -0.187. The van der Waals surface area contributed by atoms with E-state index in [-0.39, 0.29) is 5.82 Å². The predicted octanol–water partition coefficient (Wildman–Crippen LogP) is 5.76. The summed E-state index contributed by atoms with van der Waals surface area (Å²) in [5.74, 6) is 0.338. The van der Waals surface area contributed by atoms with Crippen LogP contribution in [0.1, 0.15) is 30.9 Å². The fourth-order valence-electron chi connectivity index (χ4n) is 2.17. The molecule has 0 aliphatic heterocycles. The second-order valence-electron chi connectivity index (χ2n) is 4.74. The smallest absolute Gasteiger partial charge is 0.123 e. The standard InChI is InChI=1S/C16H17F.F2/c1-11(2)16-8-7-14(9-12(16)3)13-5-4-6-15(17)10-13;1-2/h4-11H,1-3H3;. The summed E-state index contributed by atoms with van der Waals surface area (Å²) in [6.07, 6.45) is 0. The molecule has 0 N–H and O–H groups in total. The average molecular weight is 266 g/mol. The summed E-state index contributed by atoms with van der Waals surface area (Å²) in [7, 11) is 0. The zero-order chi connectivity index (χ0) is 14.4. The molecule has 0 aliphatic carbocycles. The van der Waals surface area contributed by atoms with Crippen molar-refractivity contribution in [1.29, 1.82) is 0 Å². The summed E-state index contributed by atoms with van der Waals surface area (Å²) in [5.41, 5.74) is 4.63. The summed E-state index contributed by atoms with van der Waals surface area (Å²) in [4.78, 5) is 0. The Morgan fingerprint density at radius 1 is 0.895 bits per heavy atom. The zero-order valence-electron chi connectivity index (χ0n) is 11.3. The summed E-state index contributed by atoms with van der Waals surface area (Å²) >= 11 is 0. The Morgan fingerprint density at radius 3 is 2.05 bits per heavy atom. The zero-order valence-corrected chi connectivity index (χ0v) is 11.3. The van der Waals surface area contributed by atoms with E-state index in [1.54, 1.807) is 12.1 Å². The van der Waals surface area contributed by atoms with Gasteiger partial charge in [0.25, 0.3) is 0 Å². The van der Waals surface area contributed by atoms with Gasteiger partial charge >= 0.3 is 0 Å². The maximum atomic E-state index is 13.2. The van der Waals surface area contributed by atoms with Crippen LogP contribution >= 0.6 is 0 Å². The first-order valence-corrected chi connectivity index (χ1v) is 6.08. The second kappa shape index (κ2) is 6.98. The highest BCUT2D eigenvalue weighted by Gasteiger charge is 2.05. The third-order valence-electron chi connectivity index (χ3n) is 3.05. The van der Waals surface area contributed by atoms with Crippen molar-refractivity contribution >= 4 is 0 Å². The molecule has 0 atom stereocenters. The van der Waals surface area contributed by atoms with Crippen LogP contribution in [0.3, 0.4) is 0 Å². The predicted molar refractivity (Wildman–Crippen MR) is 72.9 cm³/mol. The fraction of sp³-hybridized carbons (Fsp3) is 0.250. The molecule has 0 spiro atoms. The van der Waals surface area contributed by atoms with Crippen LogP contribution in [0.4, 0.5) is 13.5 Å². The highest BCUT2D eigenvalue weighted by Crippen LogP contribution is 2.26. The Kier molecular flexibility index (Phi) is 5.61. The molecule has 2 rings (SSSR count). The second-order valence-corrected chi connectivity index (χ2v) is 4.74.